The van der Waals surface area contributed by atoms with Gasteiger partial charge in [0.05, 0.1) is 18.0 Å². The number of aromatic nitrogens is 1. The van der Waals surface area contributed by atoms with E-state index in [4.69, 9.17) is 4.98 Å². The molecule has 4 rings (SSSR count). The Balaban J connectivity index is 1.42. The second-order valence-electron chi connectivity index (χ2n) is 6.42. The molecule has 26 heavy (non-hydrogen) atoms. The van der Waals surface area contributed by atoms with Gasteiger partial charge in [-0.2, -0.15) is 0 Å². The van der Waals surface area contributed by atoms with E-state index in [2.05, 4.69) is 31.2 Å². The minimum Gasteiger partial charge on any atom is -0.336 e. The average molecular weight is 381 g/mol. The molecule has 0 saturated heterocycles. The zero-order chi connectivity index (χ0) is 17.9. The third kappa shape index (κ3) is 3.84. The van der Waals surface area contributed by atoms with E-state index in [-0.39, 0.29) is 5.91 Å². The predicted molar refractivity (Wildman–Crippen MR) is 109 cm³/mol. The summed E-state index contributed by atoms with van der Waals surface area (Å²) in [6, 6.07) is 18.6. The molecule has 1 aromatic heterocycles. The second kappa shape index (κ2) is 7.64. The molecule has 1 aliphatic heterocycles. The smallest absolute Gasteiger partial charge is 0.233 e. The molecule has 0 unspecified atom stereocenters. The zero-order valence-electron chi connectivity index (χ0n) is 14.6. The fourth-order valence-corrected chi connectivity index (χ4v) is 4.93. The number of aryl methyl sites for hydroxylation is 1. The van der Waals surface area contributed by atoms with Crippen LogP contribution >= 0.6 is 23.1 Å². The highest BCUT2D eigenvalue weighted by Crippen LogP contribution is 2.32. The molecule has 3 nitrogen and oxygen atoms in total. The summed E-state index contributed by atoms with van der Waals surface area (Å²) in [5, 5.41) is 1.06. The van der Waals surface area contributed by atoms with Crippen molar-refractivity contribution in [3.63, 3.8) is 0 Å². The molecule has 2 heterocycles. The van der Waals surface area contributed by atoms with Crippen LogP contribution in [-0.2, 0) is 17.8 Å². The van der Waals surface area contributed by atoms with Crippen molar-refractivity contribution in [3.05, 3.63) is 70.7 Å². The lowest BCUT2D eigenvalue weighted by atomic mass is 10.1. The van der Waals surface area contributed by atoms with Crippen molar-refractivity contribution in [2.24, 2.45) is 0 Å². The number of nitrogens with zero attached hydrogens (tertiary/aromatic N) is 2. The lowest BCUT2D eigenvalue weighted by Gasteiger charge is -2.26. The molecule has 3 aromatic rings. The van der Waals surface area contributed by atoms with Gasteiger partial charge in [-0.1, -0.05) is 48.0 Å². The summed E-state index contributed by atoms with van der Waals surface area (Å²) in [7, 11) is 0. The van der Waals surface area contributed by atoms with Crippen molar-refractivity contribution >= 4 is 29.0 Å². The Kier molecular flexibility index (Phi) is 5.09. The van der Waals surface area contributed by atoms with E-state index in [1.807, 2.05) is 35.2 Å². The van der Waals surface area contributed by atoms with E-state index in [9.17, 15) is 4.79 Å². The van der Waals surface area contributed by atoms with Gasteiger partial charge in [0.1, 0.15) is 5.01 Å². The summed E-state index contributed by atoms with van der Waals surface area (Å²) in [6.45, 7) is 3.54. The highest BCUT2D eigenvalue weighted by Gasteiger charge is 2.24. The molecular weight excluding hydrogens is 360 g/mol. The number of rotatable bonds is 4. The number of thiazole rings is 1. The number of hydrogen-bond donors (Lipinski definition) is 0. The van der Waals surface area contributed by atoms with Gasteiger partial charge in [0.25, 0.3) is 0 Å². The molecule has 0 spiro atoms. The molecule has 1 aliphatic rings. The number of carbonyl (C=O) groups excluding carboxylic acids is 1. The lowest BCUT2D eigenvalue weighted by molar-refractivity contribution is -0.129. The van der Waals surface area contributed by atoms with Crippen LogP contribution in [0.25, 0.3) is 10.6 Å². The number of thioether (sulfide) groups is 1. The van der Waals surface area contributed by atoms with Crippen LogP contribution in [-0.4, -0.2) is 28.1 Å². The maximum absolute atomic E-state index is 12.6. The Hall–Kier alpha value is -2.11. The summed E-state index contributed by atoms with van der Waals surface area (Å²) < 4.78 is 0. The van der Waals surface area contributed by atoms with Gasteiger partial charge in [0.2, 0.25) is 5.91 Å². The largest absolute Gasteiger partial charge is 0.336 e. The minimum atomic E-state index is 0.204. The summed E-state index contributed by atoms with van der Waals surface area (Å²) in [5.41, 5.74) is 3.57. The van der Waals surface area contributed by atoms with E-state index >= 15 is 0 Å². The van der Waals surface area contributed by atoms with Gasteiger partial charge < -0.3 is 4.90 Å². The monoisotopic (exact) mass is 380 g/mol. The predicted octanol–water partition coefficient (Wildman–Crippen LogP) is 4.80. The Bertz CT molecular complexity index is 904. The van der Waals surface area contributed by atoms with E-state index in [0.717, 1.165) is 34.1 Å². The first kappa shape index (κ1) is 17.3. The topological polar surface area (TPSA) is 33.2 Å². The number of carbonyl (C=O) groups is 1. The van der Waals surface area contributed by atoms with Crippen LogP contribution in [0.4, 0.5) is 0 Å². The average Bonchev–Trinajstić information content (AvgIpc) is 3.10. The van der Waals surface area contributed by atoms with Crippen molar-refractivity contribution < 1.29 is 4.79 Å². The molecule has 0 saturated carbocycles. The van der Waals surface area contributed by atoms with Gasteiger partial charge in [-0.25, -0.2) is 4.98 Å². The summed E-state index contributed by atoms with van der Waals surface area (Å²) in [6.07, 6.45) is 0.847. The van der Waals surface area contributed by atoms with Crippen LogP contribution in [0.2, 0.25) is 0 Å². The number of fused-ring (bicyclic) bond motifs is 1. The molecule has 0 atom stereocenters. The molecule has 132 valence electrons. The Morgan fingerprint density at radius 3 is 2.69 bits per heavy atom. The molecule has 0 aliphatic carbocycles. The van der Waals surface area contributed by atoms with Gasteiger partial charge in [-0.05, 0) is 19.1 Å². The summed E-state index contributed by atoms with van der Waals surface area (Å²) >= 11 is 3.32. The number of hydrogen-bond acceptors (Lipinski definition) is 4. The van der Waals surface area contributed by atoms with Crippen molar-refractivity contribution in [3.8, 4) is 10.6 Å². The number of amides is 1. The van der Waals surface area contributed by atoms with Crippen molar-refractivity contribution in [1.82, 2.24) is 9.88 Å². The zero-order valence-corrected chi connectivity index (χ0v) is 16.3. The molecular formula is C21H20N2OS2. The standard InChI is InChI=1S/C21H20N2OS2/c1-15-7-9-16(10-8-15)21-22-18-11-12-23(13-19(18)26-21)20(24)14-25-17-5-3-2-4-6-17/h2-10H,11-14H2,1H3. The molecule has 2 aromatic carbocycles. The lowest BCUT2D eigenvalue weighted by Crippen LogP contribution is -2.36. The molecule has 0 N–H and O–H groups in total. The Labute approximate surface area is 162 Å². The minimum absolute atomic E-state index is 0.204. The second-order valence-corrected chi connectivity index (χ2v) is 8.55. The third-order valence-electron chi connectivity index (χ3n) is 4.49. The molecule has 0 bridgehead atoms. The number of benzene rings is 2. The van der Waals surface area contributed by atoms with Gasteiger partial charge in [-0.15, -0.1) is 23.1 Å². The Morgan fingerprint density at radius 1 is 1.15 bits per heavy atom. The van der Waals surface area contributed by atoms with E-state index in [1.54, 1.807) is 23.1 Å². The first-order valence-corrected chi connectivity index (χ1v) is 10.5. The van der Waals surface area contributed by atoms with Gasteiger partial charge in [0, 0.05) is 28.3 Å². The third-order valence-corrected chi connectivity index (χ3v) is 6.62. The van der Waals surface area contributed by atoms with Gasteiger partial charge in [-0.3, -0.25) is 4.79 Å². The van der Waals surface area contributed by atoms with Crippen LogP contribution in [0.1, 0.15) is 16.1 Å². The molecule has 1 amide bonds. The van der Waals surface area contributed by atoms with E-state index in [0.29, 0.717) is 12.3 Å². The molecule has 0 fully saturated rings. The highest BCUT2D eigenvalue weighted by atomic mass is 32.2. The maximum Gasteiger partial charge on any atom is 0.233 e. The summed E-state index contributed by atoms with van der Waals surface area (Å²) in [4.78, 5) is 21.7. The molecule has 5 heteroatoms. The first-order chi connectivity index (χ1) is 12.7. The quantitative estimate of drug-likeness (QED) is 0.610. The van der Waals surface area contributed by atoms with E-state index < -0.39 is 0 Å². The van der Waals surface area contributed by atoms with Crippen molar-refractivity contribution in [2.45, 2.75) is 24.8 Å². The maximum atomic E-state index is 12.6. The van der Waals surface area contributed by atoms with Gasteiger partial charge in [0.15, 0.2) is 0 Å². The fraction of sp³-hybridized carbons (Fsp3) is 0.238. The summed E-state index contributed by atoms with van der Waals surface area (Å²) in [5.74, 6) is 0.693. The van der Waals surface area contributed by atoms with Crippen molar-refractivity contribution in [1.29, 1.82) is 0 Å². The van der Waals surface area contributed by atoms with E-state index in [1.165, 1.54) is 10.4 Å². The highest BCUT2D eigenvalue weighted by molar-refractivity contribution is 8.00. The van der Waals surface area contributed by atoms with Crippen LogP contribution < -0.4 is 0 Å². The Morgan fingerprint density at radius 2 is 1.92 bits per heavy atom. The first-order valence-electron chi connectivity index (χ1n) is 8.70. The van der Waals surface area contributed by atoms with Crippen LogP contribution in [0.3, 0.4) is 0 Å². The van der Waals surface area contributed by atoms with Crippen LogP contribution in [0, 0.1) is 6.92 Å². The fourth-order valence-electron chi connectivity index (χ4n) is 2.98. The van der Waals surface area contributed by atoms with Crippen molar-refractivity contribution in [2.75, 3.05) is 12.3 Å². The normalized spacial score (nSPS) is 13.5. The molecule has 0 radical (unpaired) electrons. The van der Waals surface area contributed by atoms with Gasteiger partial charge >= 0.3 is 0 Å². The van der Waals surface area contributed by atoms with Crippen LogP contribution in [0.5, 0.6) is 0 Å². The van der Waals surface area contributed by atoms with Crippen LogP contribution in [0.15, 0.2) is 59.5 Å². The SMILES string of the molecule is Cc1ccc(-c2nc3c(s2)CN(C(=O)CSc2ccccc2)CC3)cc1.